The van der Waals surface area contributed by atoms with Crippen LogP contribution in [0, 0.1) is 11.8 Å². The Bertz CT molecular complexity index is 784. The summed E-state index contributed by atoms with van der Waals surface area (Å²) in [5, 5.41) is 0.329. The van der Waals surface area contributed by atoms with E-state index >= 15 is 0 Å². The van der Waals surface area contributed by atoms with Crippen LogP contribution in [0.2, 0.25) is 0 Å². The minimum Gasteiger partial charge on any atom is -0.402 e. The molecule has 5 unspecified atom stereocenters. The summed E-state index contributed by atoms with van der Waals surface area (Å²) < 4.78 is 0. The largest absolute Gasteiger partial charge is 0.402 e. The number of nitrogens with zero attached hydrogens (tertiary/aromatic N) is 1. The van der Waals surface area contributed by atoms with E-state index in [1.807, 2.05) is 0 Å². The van der Waals surface area contributed by atoms with E-state index in [2.05, 4.69) is 59.6 Å². The van der Waals surface area contributed by atoms with Crippen molar-refractivity contribution in [3.05, 3.63) is 71.5 Å². The molecule has 1 aliphatic heterocycles. The van der Waals surface area contributed by atoms with E-state index in [9.17, 15) is 0 Å². The number of allylic oxidation sites excluding steroid dienone is 7. The molecule has 0 spiro atoms. The Balaban J connectivity index is 1.44. The summed E-state index contributed by atoms with van der Waals surface area (Å²) in [5.41, 5.74) is 10.7. The minimum absolute atomic E-state index is 0.329. The van der Waals surface area contributed by atoms with E-state index in [1.165, 1.54) is 30.4 Å². The first-order chi connectivity index (χ1) is 13.2. The first-order valence-electron chi connectivity index (χ1n) is 10.6. The topological polar surface area (TPSA) is 29.3 Å². The van der Waals surface area contributed by atoms with Crippen LogP contribution in [0.1, 0.15) is 38.5 Å². The van der Waals surface area contributed by atoms with Crippen molar-refractivity contribution in [3.8, 4) is 0 Å². The molecule has 6 atom stereocenters. The van der Waals surface area contributed by atoms with Crippen LogP contribution in [0.15, 0.2) is 71.5 Å². The lowest BCUT2D eigenvalue weighted by Crippen LogP contribution is -2.47. The van der Waals surface area contributed by atoms with Crippen LogP contribution in [0.25, 0.3) is 0 Å². The molecule has 0 bridgehead atoms. The molecule has 1 fully saturated rings. The summed E-state index contributed by atoms with van der Waals surface area (Å²) in [5.74, 6) is 1.08. The molecule has 27 heavy (non-hydrogen) atoms. The highest BCUT2D eigenvalue weighted by molar-refractivity contribution is 7.81. The maximum atomic E-state index is 6.53. The van der Waals surface area contributed by atoms with Crippen LogP contribution >= 0.6 is 12.6 Å². The van der Waals surface area contributed by atoms with E-state index in [1.54, 1.807) is 0 Å². The lowest BCUT2D eigenvalue weighted by Gasteiger charge is -2.42. The number of thiol groups is 1. The van der Waals surface area contributed by atoms with Crippen molar-refractivity contribution in [2.45, 2.75) is 61.9 Å². The number of fused-ring (bicyclic) bond motifs is 3. The highest BCUT2D eigenvalue weighted by Crippen LogP contribution is 2.47. The van der Waals surface area contributed by atoms with Gasteiger partial charge in [-0.2, -0.15) is 12.6 Å². The Hall–Kier alpha value is -1.45. The van der Waals surface area contributed by atoms with E-state index < -0.39 is 0 Å². The zero-order valence-corrected chi connectivity index (χ0v) is 16.8. The lowest BCUT2D eigenvalue weighted by atomic mass is 9.78. The van der Waals surface area contributed by atoms with Gasteiger partial charge in [-0.3, -0.25) is 4.90 Å². The molecule has 0 amide bonds. The highest BCUT2D eigenvalue weighted by Gasteiger charge is 2.46. The Kier molecular flexibility index (Phi) is 4.69. The average molecular weight is 379 g/mol. The Morgan fingerprint density at radius 1 is 1.00 bits per heavy atom. The fourth-order valence-electron chi connectivity index (χ4n) is 5.99. The molecule has 1 saturated heterocycles. The smallest absolute Gasteiger partial charge is 0.0395 e. The highest BCUT2D eigenvalue weighted by atomic mass is 32.1. The Labute approximate surface area is 168 Å². The fraction of sp³-hybridized carbons (Fsp3) is 0.500. The van der Waals surface area contributed by atoms with Gasteiger partial charge >= 0.3 is 0 Å². The van der Waals surface area contributed by atoms with E-state index in [-0.39, 0.29) is 0 Å². The quantitative estimate of drug-likeness (QED) is 0.539. The molecule has 0 radical (unpaired) electrons. The fourth-order valence-corrected chi connectivity index (χ4v) is 6.41. The zero-order chi connectivity index (χ0) is 18.4. The van der Waals surface area contributed by atoms with Crippen molar-refractivity contribution < 1.29 is 0 Å². The van der Waals surface area contributed by atoms with Gasteiger partial charge < -0.3 is 5.73 Å². The van der Waals surface area contributed by atoms with Crippen LogP contribution in [0.5, 0.6) is 0 Å². The summed E-state index contributed by atoms with van der Waals surface area (Å²) in [4.78, 5) is 2.85. The third-order valence-electron chi connectivity index (χ3n) is 7.16. The number of nitrogens with two attached hydrogens (primary N) is 1. The standard InChI is InChI=1S/C24H30N2S/c25-20-11-6-13-22-24(20)19-10-1-3-12-21(19)26(22)17-8-5-7-16(15-17)18-9-2-4-14-23(18)27/h1-5,7,9-10,14,16-18,21-23,27H,6,8,11-13,15,25H2/t16?,17?,18?,21?,22-,23?/m1/s1. The Morgan fingerprint density at radius 2 is 1.89 bits per heavy atom. The van der Waals surface area contributed by atoms with Gasteiger partial charge in [0.2, 0.25) is 0 Å². The van der Waals surface area contributed by atoms with Crippen molar-refractivity contribution in [2.24, 2.45) is 17.6 Å². The van der Waals surface area contributed by atoms with Crippen molar-refractivity contribution in [2.75, 3.05) is 0 Å². The van der Waals surface area contributed by atoms with Crippen molar-refractivity contribution in [1.29, 1.82) is 0 Å². The van der Waals surface area contributed by atoms with Gasteiger partial charge in [0, 0.05) is 29.1 Å². The maximum absolute atomic E-state index is 6.53. The number of hydrogen-bond donors (Lipinski definition) is 2. The number of rotatable bonds is 2. The lowest BCUT2D eigenvalue weighted by molar-refractivity contribution is 0.110. The molecule has 2 nitrogen and oxygen atoms in total. The van der Waals surface area contributed by atoms with Crippen LogP contribution < -0.4 is 5.73 Å². The monoisotopic (exact) mass is 378 g/mol. The van der Waals surface area contributed by atoms with Crippen LogP contribution in [0.4, 0.5) is 0 Å². The minimum atomic E-state index is 0.329. The molecule has 2 N–H and O–H groups in total. The maximum Gasteiger partial charge on any atom is 0.0395 e. The summed E-state index contributed by atoms with van der Waals surface area (Å²) in [6, 6.07) is 1.66. The number of hydrogen-bond acceptors (Lipinski definition) is 3. The molecule has 3 heteroatoms. The SMILES string of the molecule is NC1=C2C3=CC=CCC3N(C3CC=CC(C4C=CC=CC4S)C3)[C@@H]2CCC1. The molecule has 0 aromatic heterocycles. The molecule has 5 rings (SSSR count). The van der Waals surface area contributed by atoms with Crippen molar-refractivity contribution in [3.63, 3.8) is 0 Å². The summed E-state index contributed by atoms with van der Waals surface area (Å²) >= 11 is 4.84. The van der Waals surface area contributed by atoms with Crippen LogP contribution in [-0.4, -0.2) is 28.3 Å². The van der Waals surface area contributed by atoms with Gasteiger partial charge in [-0.25, -0.2) is 0 Å². The van der Waals surface area contributed by atoms with Crippen LogP contribution in [-0.2, 0) is 0 Å². The first-order valence-corrected chi connectivity index (χ1v) is 11.1. The zero-order valence-electron chi connectivity index (χ0n) is 15.9. The Morgan fingerprint density at radius 3 is 2.78 bits per heavy atom. The second kappa shape index (κ2) is 7.18. The molecule has 5 aliphatic rings. The molecule has 0 aromatic carbocycles. The third-order valence-corrected chi connectivity index (χ3v) is 7.68. The van der Waals surface area contributed by atoms with Crippen LogP contribution in [0.3, 0.4) is 0 Å². The predicted molar refractivity (Wildman–Crippen MR) is 117 cm³/mol. The molecular formula is C24H30N2S. The first kappa shape index (κ1) is 17.6. The molecule has 0 aromatic rings. The van der Waals surface area contributed by atoms with Gasteiger partial charge in [-0.15, -0.1) is 0 Å². The molecule has 142 valence electrons. The van der Waals surface area contributed by atoms with E-state index in [0.717, 1.165) is 25.0 Å². The molecule has 4 aliphatic carbocycles. The van der Waals surface area contributed by atoms with Crippen molar-refractivity contribution in [1.82, 2.24) is 4.90 Å². The third kappa shape index (κ3) is 3.00. The summed E-state index contributed by atoms with van der Waals surface area (Å²) in [6.07, 6.45) is 27.8. The van der Waals surface area contributed by atoms with Gasteiger partial charge in [0.05, 0.1) is 0 Å². The van der Waals surface area contributed by atoms with Gasteiger partial charge in [-0.1, -0.05) is 54.7 Å². The average Bonchev–Trinajstić information content (AvgIpc) is 3.04. The molecular weight excluding hydrogens is 348 g/mol. The second-order valence-corrected chi connectivity index (χ2v) is 9.25. The van der Waals surface area contributed by atoms with Gasteiger partial charge in [0.25, 0.3) is 0 Å². The second-order valence-electron chi connectivity index (χ2n) is 8.65. The van der Waals surface area contributed by atoms with Gasteiger partial charge in [-0.05, 0) is 61.5 Å². The summed E-state index contributed by atoms with van der Waals surface area (Å²) in [6.45, 7) is 0. The number of likely N-dealkylation sites (tertiary alicyclic amines) is 1. The predicted octanol–water partition coefficient (Wildman–Crippen LogP) is 4.70. The van der Waals surface area contributed by atoms with E-state index in [4.69, 9.17) is 18.4 Å². The molecule has 0 saturated carbocycles. The van der Waals surface area contributed by atoms with Crippen molar-refractivity contribution >= 4 is 12.6 Å². The summed E-state index contributed by atoms with van der Waals surface area (Å²) in [7, 11) is 0. The van der Waals surface area contributed by atoms with Gasteiger partial charge in [0.1, 0.15) is 0 Å². The molecule has 1 heterocycles. The van der Waals surface area contributed by atoms with Gasteiger partial charge in [0.15, 0.2) is 0 Å². The van der Waals surface area contributed by atoms with E-state index in [0.29, 0.717) is 35.2 Å². The normalized spacial score (nSPS) is 40.9.